The van der Waals surface area contributed by atoms with Crippen LogP contribution in [0.1, 0.15) is 6.92 Å². The van der Waals surface area contributed by atoms with Gasteiger partial charge in [0.15, 0.2) is 17.2 Å². The van der Waals surface area contributed by atoms with Gasteiger partial charge in [-0.1, -0.05) is 0 Å². The quantitative estimate of drug-likeness (QED) is 0.724. The fourth-order valence-electron chi connectivity index (χ4n) is 1.90. The van der Waals surface area contributed by atoms with Crippen molar-refractivity contribution in [1.29, 1.82) is 0 Å². The van der Waals surface area contributed by atoms with Gasteiger partial charge in [-0.15, -0.1) is 0 Å². The number of hydrogen-bond donors (Lipinski definition) is 0. The lowest BCUT2D eigenvalue weighted by Gasteiger charge is -2.06. The predicted octanol–water partition coefficient (Wildman–Crippen LogP) is 2.93. The lowest BCUT2D eigenvalue weighted by Crippen LogP contribution is -1.96. The lowest BCUT2D eigenvalue weighted by atomic mass is 10.1. The van der Waals surface area contributed by atoms with Crippen molar-refractivity contribution >= 4 is 5.65 Å². The van der Waals surface area contributed by atoms with Crippen molar-refractivity contribution in [3.8, 4) is 17.0 Å². The average Bonchev–Trinajstić information content (AvgIpc) is 2.88. The maximum Gasteiger partial charge on any atom is 0.165 e. The summed E-state index contributed by atoms with van der Waals surface area (Å²) in [6.45, 7) is 2.26. The van der Waals surface area contributed by atoms with E-state index in [1.54, 1.807) is 29.0 Å². The molecule has 0 aliphatic heterocycles. The summed E-state index contributed by atoms with van der Waals surface area (Å²) in [6, 6.07) is 8.50. The lowest BCUT2D eigenvalue weighted by molar-refractivity contribution is 0.321. The molecule has 2 aromatic heterocycles. The van der Waals surface area contributed by atoms with Crippen LogP contribution in [0.15, 0.2) is 42.7 Å². The van der Waals surface area contributed by atoms with Crippen LogP contribution in [0.25, 0.3) is 16.9 Å². The zero-order valence-electron chi connectivity index (χ0n) is 10.4. The Kier molecular flexibility index (Phi) is 2.87. The number of ether oxygens (including phenoxy) is 1. The standard InChI is InChI=1S/C14H12FN3O/c1-2-19-13-5-3-10(9-11(13)15)12-4-6-14-16-7-8-18(14)17-12/h3-9H,2H2,1H3. The van der Waals surface area contributed by atoms with Crippen LogP contribution in [0.4, 0.5) is 4.39 Å². The van der Waals surface area contributed by atoms with E-state index < -0.39 is 0 Å². The van der Waals surface area contributed by atoms with Gasteiger partial charge in [0.25, 0.3) is 0 Å². The second-order valence-corrected chi connectivity index (χ2v) is 4.03. The number of nitrogens with zero attached hydrogens (tertiary/aromatic N) is 3. The Morgan fingerprint density at radius 1 is 1.26 bits per heavy atom. The van der Waals surface area contributed by atoms with Gasteiger partial charge in [0, 0.05) is 18.0 Å². The molecule has 0 aliphatic rings. The van der Waals surface area contributed by atoms with E-state index in [0.717, 1.165) is 5.65 Å². The zero-order chi connectivity index (χ0) is 13.2. The third-order valence-electron chi connectivity index (χ3n) is 2.78. The molecule has 4 nitrogen and oxygen atoms in total. The molecule has 2 heterocycles. The summed E-state index contributed by atoms with van der Waals surface area (Å²) >= 11 is 0. The van der Waals surface area contributed by atoms with Gasteiger partial charge in [0.05, 0.1) is 12.3 Å². The first-order chi connectivity index (χ1) is 9.28. The van der Waals surface area contributed by atoms with E-state index in [1.165, 1.54) is 6.07 Å². The first-order valence-electron chi connectivity index (χ1n) is 6.01. The summed E-state index contributed by atoms with van der Waals surface area (Å²) in [7, 11) is 0. The highest BCUT2D eigenvalue weighted by Gasteiger charge is 2.07. The molecule has 96 valence electrons. The molecular formula is C14H12FN3O. The number of rotatable bonds is 3. The van der Waals surface area contributed by atoms with Gasteiger partial charge in [-0.2, -0.15) is 5.10 Å². The van der Waals surface area contributed by atoms with E-state index >= 15 is 0 Å². The van der Waals surface area contributed by atoms with E-state index in [0.29, 0.717) is 17.9 Å². The fraction of sp³-hybridized carbons (Fsp3) is 0.143. The molecule has 3 aromatic rings. The molecule has 0 spiro atoms. The monoisotopic (exact) mass is 257 g/mol. The van der Waals surface area contributed by atoms with Crippen LogP contribution in [0.2, 0.25) is 0 Å². The molecule has 19 heavy (non-hydrogen) atoms. The molecule has 3 rings (SSSR count). The molecule has 0 N–H and O–H groups in total. The highest BCUT2D eigenvalue weighted by atomic mass is 19.1. The van der Waals surface area contributed by atoms with Crippen molar-refractivity contribution in [2.24, 2.45) is 0 Å². The van der Waals surface area contributed by atoms with E-state index in [2.05, 4.69) is 10.1 Å². The summed E-state index contributed by atoms with van der Waals surface area (Å²) in [5.74, 6) is -0.123. The normalized spacial score (nSPS) is 10.8. The Hall–Kier alpha value is -2.43. The van der Waals surface area contributed by atoms with Crippen molar-refractivity contribution in [3.05, 3.63) is 48.5 Å². The van der Waals surface area contributed by atoms with Gasteiger partial charge in [-0.05, 0) is 37.3 Å². The largest absolute Gasteiger partial charge is 0.491 e. The molecule has 0 fully saturated rings. The molecule has 5 heteroatoms. The number of fused-ring (bicyclic) bond motifs is 1. The van der Waals surface area contributed by atoms with Gasteiger partial charge in [-0.25, -0.2) is 13.9 Å². The van der Waals surface area contributed by atoms with E-state index in [1.807, 2.05) is 19.1 Å². The van der Waals surface area contributed by atoms with Gasteiger partial charge >= 0.3 is 0 Å². The number of aromatic nitrogens is 3. The van der Waals surface area contributed by atoms with Crippen LogP contribution in [0.3, 0.4) is 0 Å². The molecule has 1 aromatic carbocycles. The number of imidazole rings is 1. The molecule has 0 saturated heterocycles. The van der Waals surface area contributed by atoms with Crippen LogP contribution < -0.4 is 4.74 Å². The predicted molar refractivity (Wildman–Crippen MR) is 69.6 cm³/mol. The summed E-state index contributed by atoms with van der Waals surface area (Å²) in [6.07, 6.45) is 3.43. The van der Waals surface area contributed by atoms with Crippen molar-refractivity contribution < 1.29 is 9.13 Å². The molecule has 0 aliphatic carbocycles. The third kappa shape index (κ3) is 2.14. The Morgan fingerprint density at radius 2 is 2.16 bits per heavy atom. The highest BCUT2D eigenvalue weighted by molar-refractivity contribution is 5.61. The zero-order valence-corrected chi connectivity index (χ0v) is 10.4. The minimum Gasteiger partial charge on any atom is -0.491 e. The maximum atomic E-state index is 13.8. The molecule has 0 amide bonds. The van der Waals surface area contributed by atoms with Crippen LogP contribution >= 0.6 is 0 Å². The third-order valence-corrected chi connectivity index (χ3v) is 2.78. The van der Waals surface area contributed by atoms with E-state index in [9.17, 15) is 4.39 Å². The summed E-state index contributed by atoms with van der Waals surface area (Å²) in [5.41, 5.74) is 2.15. The van der Waals surface area contributed by atoms with Crippen molar-refractivity contribution in [2.45, 2.75) is 6.92 Å². The molecular weight excluding hydrogens is 245 g/mol. The summed E-state index contributed by atoms with van der Waals surface area (Å²) in [4.78, 5) is 4.12. The van der Waals surface area contributed by atoms with Gasteiger partial charge in [0.2, 0.25) is 0 Å². The minimum absolute atomic E-state index is 0.259. The van der Waals surface area contributed by atoms with Crippen molar-refractivity contribution in [1.82, 2.24) is 14.6 Å². The van der Waals surface area contributed by atoms with Crippen LogP contribution in [0.5, 0.6) is 5.75 Å². The van der Waals surface area contributed by atoms with Crippen LogP contribution in [-0.4, -0.2) is 21.2 Å². The molecule has 0 unspecified atom stereocenters. The first kappa shape index (κ1) is 11.6. The smallest absolute Gasteiger partial charge is 0.165 e. The Morgan fingerprint density at radius 3 is 2.95 bits per heavy atom. The fourth-order valence-corrected chi connectivity index (χ4v) is 1.90. The number of hydrogen-bond acceptors (Lipinski definition) is 3. The molecule has 0 saturated carbocycles. The molecule has 0 atom stereocenters. The number of benzene rings is 1. The second-order valence-electron chi connectivity index (χ2n) is 4.03. The maximum absolute atomic E-state index is 13.8. The molecule has 0 bridgehead atoms. The van der Waals surface area contributed by atoms with Crippen molar-refractivity contribution in [3.63, 3.8) is 0 Å². The van der Waals surface area contributed by atoms with Crippen LogP contribution in [0, 0.1) is 5.82 Å². The Labute approximate surface area is 109 Å². The highest BCUT2D eigenvalue weighted by Crippen LogP contribution is 2.24. The van der Waals surface area contributed by atoms with E-state index in [-0.39, 0.29) is 11.6 Å². The van der Waals surface area contributed by atoms with E-state index in [4.69, 9.17) is 4.74 Å². The van der Waals surface area contributed by atoms with Crippen LogP contribution in [-0.2, 0) is 0 Å². The summed E-state index contributed by atoms with van der Waals surface area (Å²) < 4.78 is 20.6. The van der Waals surface area contributed by atoms with Gasteiger partial charge in [-0.3, -0.25) is 0 Å². The van der Waals surface area contributed by atoms with Gasteiger partial charge < -0.3 is 4.74 Å². The second kappa shape index (κ2) is 4.68. The number of halogens is 1. The topological polar surface area (TPSA) is 39.4 Å². The Bertz CT molecular complexity index is 724. The van der Waals surface area contributed by atoms with Crippen molar-refractivity contribution in [2.75, 3.05) is 6.61 Å². The summed E-state index contributed by atoms with van der Waals surface area (Å²) in [5, 5.41) is 4.37. The average molecular weight is 257 g/mol. The minimum atomic E-state index is -0.383. The molecule has 0 radical (unpaired) electrons. The van der Waals surface area contributed by atoms with Gasteiger partial charge in [0.1, 0.15) is 0 Å². The first-order valence-corrected chi connectivity index (χ1v) is 6.01. The SMILES string of the molecule is CCOc1ccc(-c2ccc3nccn3n2)cc1F. The Balaban J connectivity index is 2.03.